The number of hydrogen-bond acceptors (Lipinski definition) is 4. The number of amides is 1. The lowest BCUT2D eigenvalue weighted by Gasteiger charge is -2.03. The van der Waals surface area contributed by atoms with Crippen LogP contribution in [-0.2, 0) is 0 Å². The van der Waals surface area contributed by atoms with Crippen molar-refractivity contribution in [3.05, 3.63) is 79.1 Å². The van der Waals surface area contributed by atoms with Gasteiger partial charge < -0.3 is 9.73 Å². The molecule has 0 radical (unpaired) electrons. The number of halogens is 2. The number of carbonyl (C=O) groups is 1. The predicted molar refractivity (Wildman–Crippen MR) is 103 cm³/mol. The minimum atomic E-state index is -0.530. The highest BCUT2D eigenvalue weighted by molar-refractivity contribution is 14.1. The molecule has 6 nitrogen and oxygen atoms in total. The fraction of sp³-hybridized carbons (Fsp3) is 0. The van der Waals surface area contributed by atoms with Crippen LogP contribution in [0, 0.1) is 13.7 Å². The SMILES string of the molecule is O=C(Nc1ccc(I)cc1)c1ccc(-c2ccc([N+](=O)[O-])cc2Cl)o1. The van der Waals surface area contributed by atoms with Crippen LogP contribution in [0.3, 0.4) is 0 Å². The van der Waals surface area contributed by atoms with Gasteiger partial charge in [0.05, 0.1) is 9.95 Å². The van der Waals surface area contributed by atoms with E-state index < -0.39 is 10.8 Å². The van der Waals surface area contributed by atoms with E-state index in [-0.39, 0.29) is 16.5 Å². The summed E-state index contributed by atoms with van der Waals surface area (Å²) in [5.41, 5.74) is 1.01. The summed E-state index contributed by atoms with van der Waals surface area (Å²) in [6.45, 7) is 0. The van der Waals surface area contributed by atoms with Gasteiger partial charge in [0.2, 0.25) is 0 Å². The molecular formula is C17H10ClIN2O4. The maximum absolute atomic E-state index is 12.2. The zero-order chi connectivity index (χ0) is 18.0. The second-order valence-electron chi connectivity index (χ2n) is 5.05. The summed E-state index contributed by atoms with van der Waals surface area (Å²) in [6, 6.07) is 14.5. The number of furan rings is 1. The van der Waals surface area contributed by atoms with Gasteiger partial charge in [0.1, 0.15) is 5.76 Å². The van der Waals surface area contributed by atoms with Crippen molar-refractivity contribution in [1.29, 1.82) is 0 Å². The number of nitrogens with zero attached hydrogens (tertiary/aromatic N) is 1. The maximum atomic E-state index is 12.2. The quantitative estimate of drug-likeness (QED) is 0.317. The molecule has 0 aliphatic rings. The van der Waals surface area contributed by atoms with Crippen LogP contribution in [0.15, 0.2) is 59.0 Å². The first-order valence-corrected chi connectivity index (χ1v) is 8.51. The third kappa shape index (κ3) is 3.99. The highest BCUT2D eigenvalue weighted by Gasteiger charge is 2.16. The number of nitrogens with one attached hydrogen (secondary N) is 1. The Labute approximate surface area is 161 Å². The van der Waals surface area contributed by atoms with E-state index >= 15 is 0 Å². The number of non-ortho nitro benzene ring substituents is 1. The molecule has 1 amide bonds. The normalized spacial score (nSPS) is 10.5. The Kier molecular flexibility index (Phi) is 5.05. The number of carbonyl (C=O) groups excluding carboxylic acids is 1. The molecule has 2 aromatic carbocycles. The van der Waals surface area contributed by atoms with E-state index in [4.69, 9.17) is 16.0 Å². The highest BCUT2D eigenvalue weighted by atomic mass is 127. The Morgan fingerprint density at radius 3 is 2.48 bits per heavy atom. The average molecular weight is 469 g/mol. The molecule has 0 bridgehead atoms. The fourth-order valence-electron chi connectivity index (χ4n) is 2.15. The Bertz CT molecular complexity index is 954. The van der Waals surface area contributed by atoms with Gasteiger partial charge in [-0.2, -0.15) is 0 Å². The predicted octanol–water partition coefficient (Wildman–Crippen LogP) is 5.37. The zero-order valence-electron chi connectivity index (χ0n) is 12.5. The van der Waals surface area contributed by atoms with E-state index in [1.54, 1.807) is 18.2 Å². The van der Waals surface area contributed by atoms with Crippen molar-refractivity contribution in [2.24, 2.45) is 0 Å². The lowest BCUT2D eigenvalue weighted by atomic mass is 10.1. The molecule has 0 fully saturated rings. The Hall–Kier alpha value is -2.39. The largest absolute Gasteiger partial charge is 0.451 e. The zero-order valence-corrected chi connectivity index (χ0v) is 15.4. The number of hydrogen-bond donors (Lipinski definition) is 1. The third-order valence-electron chi connectivity index (χ3n) is 3.36. The van der Waals surface area contributed by atoms with Gasteiger partial charge in [-0.15, -0.1) is 0 Å². The van der Waals surface area contributed by atoms with Crippen LogP contribution < -0.4 is 5.32 Å². The topological polar surface area (TPSA) is 85.4 Å². The van der Waals surface area contributed by atoms with Gasteiger partial charge in [0.15, 0.2) is 5.76 Å². The molecule has 0 aliphatic heterocycles. The standard InChI is InChI=1S/C17H10ClIN2O4/c18-14-9-12(21(23)24)5-6-13(14)15-7-8-16(25-15)17(22)20-11-3-1-10(19)2-4-11/h1-9H,(H,20,22). The monoisotopic (exact) mass is 468 g/mol. The van der Waals surface area contributed by atoms with Crippen molar-refractivity contribution in [3.8, 4) is 11.3 Å². The van der Waals surface area contributed by atoms with E-state index in [1.807, 2.05) is 12.1 Å². The Morgan fingerprint density at radius 1 is 1.12 bits per heavy atom. The van der Waals surface area contributed by atoms with Crippen LogP contribution in [0.1, 0.15) is 10.6 Å². The van der Waals surface area contributed by atoms with Crippen LogP contribution in [0.2, 0.25) is 5.02 Å². The molecule has 1 aromatic heterocycles. The maximum Gasteiger partial charge on any atom is 0.291 e. The van der Waals surface area contributed by atoms with Crippen molar-refractivity contribution in [2.75, 3.05) is 5.32 Å². The smallest absolute Gasteiger partial charge is 0.291 e. The summed E-state index contributed by atoms with van der Waals surface area (Å²) in [7, 11) is 0. The van der Waals surface area contributed by atoms with Gasteiger partial charge in [0, 0.05) is 27.0 Å². The first-order chi connectivity index (χ1) is 11.9. The summed E-state index contributed by atoms with van der Waals surface area (Å²) in [4.78, 5) is 22.5. The van der Waals surface area contributed by atoms with Gasteiger partial charge in [-0.05, 0) is 65.1 Å². The van der Waals surface area contributed by atoms with Gasteiger partial charge in [0.25, 0.3) is 11.6 Å². The van der Waals surface area contributed by atoms with Crippen LogP contribution >= 0.6 is 34.2 Å². The molecule has 1 N–H and O–H groups in total. The van der Waals surface area contributed by atoms with Crippen molar-refractivity contribution < 1.29 is 14.1 Å². The van der Waals surface area contributed by atoms with Crippen LogP contribution in [0.5, 0.6) is 0 Å². The first kappa shape index (κ1) is 17.4. The lowest BCUT2D eigenvalue weighted by Crippen LogP contribution is -2.10. The number of nitro benzene ring substituents is 1. The Balaban J connectivity index is 1.81. The van der Waals surface area contributed by atoms with Gasteiger partial charge >= 0.3 is 0 Å². The second kappa shape index (κ2) is 7.24. The number of rotatable bonds is 4. The van der Waals surface area contributed by atoms with Crippen LogP contribution in [0.25, 0.3) is 11.3 Å². The van der Waals surface area contributed by atoms with E-state index in [2.05, 4.69) is 27.9 Å². The van der Waals surface area contributed by atoms with E-state index in [9.17, 15) is 14.9 Å². The summed E-state index contributed by atoms with van der Waals surface area (Å²) < 4.78 is 6.60. The molecule has 0 saturated carbocycles. The van der Waals surface area contributed by atoms with E-state index in [1.165, 1.54) is 24.3 Å². The molecule has 0 saturated heterocycles. The molecule has 3 aromatic rings. The molecule has 3 rings (SSSR count). The molecule has 126 valence electrons. The third-order valence-corrected chi connectivity index (χ3v) is 4.39. The minimum Gasteiger partial charge on any atom is -0.451 e. The molecular weight excluding hydrogens is 459 g/mol. The highest BCUT2D eigenvalue weighted by Crippen LogP contribution is 2.32. The van der Waals surface area contributed by atoms with Gasteiger partial charge in [-0.25, -0.2) is 0 Å². The van der Waals surface area contributed by atoms with Crippen molar-refractivity contribution in [2.45, 2.75) is 0 Å². The summed E-state index contributed by atoms with van der Waals surface area (Å²) in [5, 5.41) is 13.7. The molecule has 0 unspecified atom stereocenters. The van der Waals surface area contributed by atoms with E-state index in [0.717, 1.165) is 3.57 Å². The van der Waals surface area contributed by atoms with Crippen LogP contribution in [-0.4, -0.2) is 10.8 Å². The average Bonchev–Trinajstić information content (AvgIpc) is 3.06. The number of nitro groups is 1. The molecule has 8 heteroatoms. The van der Waals surface area contributed by atoms with Crippen molar-refractivity contribution >= 4 is 51.5 Å². The number of anilines is 1. The van der Waals surface area contributed by atoms with Gasteiger partial charge in [-0.3, -0.25) is 14.9 Å². The minimum absolute atomic E-state index is 0.114. The Morgan fingerprint density at radius 2 is 1.84 bits per heavy atom. The molecule has 0 atom stereocenters. The van der Waals surface area contributed by atoms with Crippen molar-refractivity contribution in [3.63, 3.8) is 0 Å². The lowest BCUT2D eigenvalue weighted by molar-refractivity contribution is -0.384. The molecule has 1 heterocycles. The van der Waals surface area contributed by atoms with Crippen LogP contribution in [0.4, 0.5) is 11.4 Å². The molecule has 0 spiro atoms. The molecule has 0 aliphatic carbocycles. The molecule has 25 heavy (non-hydrogen) atoms. The van der Waals surface area contributed by atoms with Crippen molar-refractivity contribution in [1.82, 2.24) is 0 Å². The fourth-order valence-corrected chi connectivity index (χ4v) is 2.78. The number of benzene rings is 2. The first-order valence-electron chi connectivity index (χ1n) is 7.05. The van der Waals surface area contributed by atoms with Gasteiger partial charge in [-0.1, -0.05) is 11.6 Å². The summed E-state index contributed by atoms with van der Waals surface area (Å²) in [5.74, 6) is 0.0705. The summed E-state index contributed by atoms with van der Waals surface area (Å²) in [6.07, 6.45) is 0. The summed E-state index contributed by atoms with van der Waals surface area (Å²) >= 11 is 8.25. The van der Waals surface area contributed by atoms with E-state index in [0.29, 0.717) is 17.0 Å². The second-order valence-corrected chi connectivity index (χ2v) is 6.70.